The fourth-order valence-electron chi connectivity index (χ4n) is 2.84. The highest BCUT2D eigenvalue weighted by molar-refractivity contribution is 6.12. The molecule has 31 heavy (non-hydrogen) atoms. The Morgan fingerprint density at radius 2 is 1.68 bits per heavy atom. The number of amidine groups is 1. The highest BCUT2D eigenvalue weighted by Gasteiger charge is 2.16. The molecule has 0 radical (unpaired) electrons. The van der Waals surface area contributed by atoms with Crippen LogP contribution in [0.15, 0.2) is 66.9 Å². The largest absolute Gasteiger partial charge is 0.392 e. The molecule has 8 nitrogen and oxygen atoms in total. The van der Waals surface area contributed by atoms with E-state index in [-0.39, 0.29) is 12.2 Å². The molecule has 0 aliphatic carbocycles. The SMILES string of the molecule is CN(C)C(=N)c1ccc(C(=O)Nc2ccc(CO)cc2C(=O)Nc2ccccn2)cc1. The van der Waals surface area contributed by atoms with Crippen LogP contribution in [0.5, 0.6) is 0 Å². The van der Waals surface area contributed by atoms with Gasteiger partial charge in [-0.25, -0.2) is 4.98 Å². The van der Waals surface area contributed by atoms with E-state index >= 15 is 0 Å². The fraction of sp³-hybridized carbons (Fsp3) is 0.130. The summed E-state index contributed by atoms with van der Waals surface area (Å²) in [6.07, 6.45) is 1.56. The summed E-state index contributed by atoms with van der Waals surface area (Å²) in [6, 6.07) is 16.5. The lowest BCUT2D eigenvalue weighted by Crippen LogP contribution is -2.22. The number of anilines is 2. The van der Waals surface area contributed by atoms with Gasteiger partial charge < -0.3 is 20.6 Å². The Labute approximate surface area is 180 Å². The van der Waals surface area contributed by atoms with Crippen molar-refractivity contribution in [2.45, 2.75) is 6.61 Å². The maximum atomic E-state index is 12.8. The number of carbonyl (C=O) groups excluding carboxylic acids is 2. The third-order valence-corrected chi connectivity index (χ3v) is 4.53. The zero-order valence-electron chi connectivity index (χ0n) is 17.2. The van der Waals surface area contributed by atoms with Crippen molar-refractivity contribution in [2.24, 2.45) is 0 Å². The molecule has 4 N–H and O–H groups in total. The van der Waals surface area contributed by atoms with Gasteiger partial charge in [-0.15, -0.1) is 0 Å². The van der Waals surface area contributed by atoms with Gasteiger partial charge in [-0.3, -0.25) is 15.0 Å². The number of hydrogen-bond acceptors (Lipinski definition) is 5. The van der Waals surface area contributed by atoms with E-state index in [9.17, 15) is 14.7 Å². The van der Waals surface area contributed by atoms with E-state index in [1.54, 1.807) is 79.8 Å². The van der Waals surface area contributed by atoms with Gasteiger partial charge in [0.25, 0.3) is 11.8 Å². The molecule has 0 unspecified atom stereocenters. The van der Waals surface area contributed by atoms with Crippen molar-refractivity contribution >= 4 is 29.2 Å². The summed E-state index contributed by atoms with van der Waals surface area (Å²) in [5, 5.41) is 22.9. The Hall–Kier alpha value is -4.04. The minimum atomic E-state index is -0.459. The Bertz CT molecular complexity index is 1100. The van der Waals surface area contributed by atoms with Crippen LogP contribution in [0.4, 0.5) is 11.5 Å². The molecule has 0 saturated heterocycles. The minimum Gasteiger partial charge on any atom is -0.392 e. The Balaban J connectivity index is 1.82. The van der Waals surface area contributed by atoms with Crippen molar-refractivity contribution in [1.82, 2.24) is 9.88 Å². The maximum Gasteiger partial charge on any atom is 0.258 e. The van der Waals surface area contributed by atoms with Crippen LogP contribution in [0.2, 0.25) is 0 Å². The molecule has 2 aromatic carbocycles. The zero-order chi connectivity index (χ0) is 22.4. The number of aliphatic hydroxyl groups excluding tert-OH is 1. The first kappa shape index (κ1) is 21.7. The van der Waals surface area contributed by atoms with Gasteiger partial charge in [0.15, 0.2) is 0 Å². The summed E-state index contributed by atoms with van der Waals surface area (Å²) in [6.45, 7) is -0.239. The van der Waals surface area contributed by atoms with Gasteiger partial charge in [-0.05, 0) is 42.0 Å². The van der Waals surface area contributed by atoms with E-state index in [0.29, 0.717) is 34.0 Å². The van der Waals surface area contributed by atoms with Gasteiger partial charge >= 0.3 is 0 Å². The predicted molar refractivity (Wildman–Crippen MR) is 119 cm³/mol. The average Bonchev–Trinajstić information content (AvgIpc) is 2.79. The summed E-state index contributed by atoms with van der Waals surface area (Å²) >= 11 is 0. The van der Waals surface area contributed by atoms with E-state index in [0.717, 1.165) is 0 Å². The number of nitrogens with zero attached hydrogens (tertiary/aromatic N) is 2. The maximum absolute atomic E-state index is 12.8. The Morgan fingerprint density at radius 3 is 2.29 bits per heavy atom. The molecular formula is C23H23N5O3. The summed E-state index contributed by atoms with van der Waals surface area (Å²) in [4.78, 5) is 31.3. The lowest BCUT2D eigenvalue weighted by Gasteiger charge is -2.15. The number of rotatable bonds is 6. The molecule has 1 aromatic heterocycles. The molecule has 1 heterocycles. The Kier molecular flexibility index (Phi) is 6.74. The fourth-order valence-corrected chi connectivity index (χ4v) is 2.84. The molecule has 0 spiro atoms. The number of aromatic nitrogens is 1. The van der Waals surface area contributed by atoms with E-state index < -0.39 is 11.8 Å². The number of carbonyl (C=O) groups is 2. The molecule has 2 amide bonds. The zero-order valence-corrected chi connectivity index (χ0v) is 17.2. The van der Waals surface area contributed by atoms with E-state index in [2.05, 4.69) is 15.6 Å². The second-order valence-corrected chi connectivity index (χ2v) is 6.98. The standard InChI is InChI=1S/C23H23N5O3/c1-28(2)21(24)16-7-9-17(10-8-16)22(30)26-19-11-6-15(14-29)13-18(19)23(31)27-20-5-3-4-12-25-20/h3-13,24,29H,14H2,1-2H3,(H,26,30)(H,25,27,31). The Morgan fingerprint density at radius 1 is 0.968 bits per heavy atom. The topological polar surface area (TPSA) is 118 Å². The van der Waals surface area contributed by atoms with Gasteiger partial charge in [-0.2, -0.15) is 0 Å². The summed E-state index contributed by atoms with van der Waals surface area (Å²) < 4.78 is 0. The van der Waals surface area contributed by atoms with Crippen LogP contribution >= 0.6 is 0 Å². The molecule has 0 bridgehead atoms. The van der Waals surface area contributed by atoms with Crippen molar-refractivity contribution in [3.63, 3.8) is 0 Å². The molecular weight excluding hydrogens is 394 g/mol. The lowest BCUT2D eigenvalue weighted by molar-refractivity contribution is 0.102. The van der Waals surface area contributed by atoms with E-state index in [1.165, 1.54) is 6.07 Å². The van der Waals surface area contributed by atoms with Crippen LogP contribution in [0, 0.1) is 5.41 Å². The van der Waals surface area contributed by atoms with Crippen LogP contribution in [0.3, 0.4) is 0 Å². The number of nitrogens with one attached hydrogen (secondary N) is 3. The molecule has 158 valence electrons. The van der Waals surface area contributed by atoms with Gasteiger partial charge in [-0.1, -0.05) is 24.3 Å². The van der Waals surface area contributed by atoms with Gasteiger partial charge in [0.05, 0.1) is 17.9 Å². The molecule has 0 atom stereocenters. The van der Waals surface area contributed by atoms with Crippen LogP contribution in [-0.2, 0) is 6.61 Å². The molecule has 0 aliphatic rings. The normalized spacial score (nSPS) is 10.3. The third kappa shape index (κ3) is 5.31. The molecule has 3 rings (SSSR count). The van der Waals surface area contributed by atoms with Crippen molar-refractivity contribution in [3.8, 4) is 0 Å². The quantitative estimate of drug-likeness (QED) is 0.363. The van der Waals surface area contributed by atoms with Crippen LogP contribution in [-0.4, -0.2) is 46.7 Å². The van der Waals surface area contributed by atoms with E-state index in [1.807, 2.05) is 0 Å². The molecule has 0 aliphatic heterocycles. The highest BCUT2D eigenvalue weighted by Crippen LogP contribution is 2.21. The second kappa shape index (κ2) is 9.64. The van der Waals surface area contributed by atoms with Gasteiger partial charge in [0.2, 0.25) is 0 Å². The summed E-state index contributed by atoms with van der Waals surface area (Å²) in [5.41, 5.74) is 2.12. The van der Waals surface area contributed by atoms with Crippen LogP contribution < -0.4 is 10.6 Å². The first-order chi connectivity index (χ1) is 14.9. The average molecular weight is 417 g/mol. The van der Waals surface area contributed by atoms with Crippen LogP contribution in [0.25, 0.3) is 0 Å². The van der Waals surface area contributed by atoms with Gasteiger partial charge in [0.1, 0.15) is 11.7 Å². The third-order valence-electron chi connectivity index (χ3n) is 4.53. The van der Waals surface area contributed by atoms with Crippen molar-refractivity contribution < 1.29 is 14.7 Å². The number of hydrogen-bond donors (Lipinski definition) is 4. The minimum absolute atomic E-state index is 0.205. The second-order valence-electron chi connectivity index (χ2n) is 6.98. The molecule has 0 saturated carbocycles. The van der Waals surface area contributed by atoms with Crippen molar-refractivity contribution in [2.75, 3.05) is 24.7 Å². The number of benzene rings is 2. The number of aliphatic hydroxyl groups is 1. The first-order valence-electron chi connectivity index (χ1n) is 9.53. The van der Waals surface area contributed by atoms with Crippen molar-refractivity contribution in [3.05, 3.63) is 89.1 Å². The molecule has 0 fully saturated rings. The van der Waals surface area contributed by atoms with Gasteiger partial charge in [0, 0.05) is 31.4 Å². The summed E-state index contributed by atoms with van der Waals surface area (Å²) in [5.74, 6) is -0.149. The number of amides is 2. The van der Waals surface area contributed by atoms with Crippen molar-refractivity contribution in [1.29, 1.82) is 5.41 Å². The highest BCUT2D eigenvalue weighted by atomic mass is 16.3. The van der Waals surface area contributed by atoms with Crippen LogP contribution in [0.1, 0.15) is 31.8 Å². The number of pyridine rings is 1. The smallest absolute Gasteiger partial charge is 0.258 e. The predicted octanol–water partition coefficient (Wildman–Crippen LogP) is 2.97. The first-order valence-corrected chi connectivity index (χ1v) is 9.53. The summed E-state index contributed by atoms with van der Waals surface area (Å²) in [7, 11) is 3.55. The van der Waals surface area contributed by atoms with E-state index in [4.69, 9.17) is 5.41 Å². The molecule has 3 aromatic rings. The monoisotopic (exact) mass is 417 g/mol. The molecule has 8 heteroatoms. The lowest BCUT2D eigenvalue weighted by atomic mass is 10.1.